The molecule has 1 rings (SSSR count). The predicted octanol–water partition coefficient (Wildman–Crippen LogP) is 4.21. The van der Waals surface area contributed by atoms with Crippen LogP contribution in [0.15, 0.2) is 24.3 Å². The first kappa shape index (κ1) is 17.8. The van der Waals surface area contributed by atoms with E-state index in [4.69, 9.17) is 4.74 Å². The molecular formula is C15H21F3O3. The average Bonchev–Trinajstić information content (AvgIpc) is 2.42. The van der Waals surface area contributed by atoms with E-state index in [0.29, 0.717) is 25.0 Å². The Bertz CT molecular complexity index is 442. The van der Waals surface area contributed by atoms with Crippen LogP contribution in [0.3, 0.4) is 0 Å². The van der Waals surface area contributed by atoms with E-state index in [9.17, 15) is 18.3 Å². The molecule has 0 aromatic heterocycles. The molecule has 0 saturated heterocycles. The van der Waals surface area contributed by atoms with Gasteiger partial charge in [-0.05, 0) is 37.5 Å². The highest BCUT2D eigenvalue weighted by atomic mass is 19.4. The summed E-state index contributed by atoms with van der Waals surface area (Å²) in [7, 11) is 0. The molecule has 0 bridgehead atoms. The molecule has 0 spiro atoms. The minimum absolute atomic E-state index is 0.342. The molecule has 120 valence electrons. The highest BCUT2D eigenvalue weighted by Crippen LogP contribution is 2.37. The molecule has 0 radical (unpaired) electrons. The summed E-state index contributed by atoms with van der Waals surface area (Å²) in [6.07, 6.45) is -4.69. The van der Waals surface area contributed by atoms with Crippen LogP contribution in [0.25, 0.3) is 0 Å². The number of benzene rings is 1. The van der Waals surface area contributed by atoms with Crippen LogP contribution < -0.4 is 4.74 Å². The van der Waals surface area contributed by atoms with Crippen LogP contribution in [0.1, 0.15) is 45.3 Å². The summed E-state index contributed by atoms with van der Waals surface area (Å²) in [5.74, 6) is -0.350. The standard InChI is InChI=1S/C15H21F3O3/c1-4-14(5-2,20-6-3)13(19)11-8-7-9-12(10-11)21-15(16,17)18/h7-10,13,19H,4-6H2,1-3H3. The summed E-state index contributed by atoms with van der Waals surface area (Å²) in [5.41, 5.74) is -0.472. The van der Waals surface area contributed by atoms with Crippen molar-refractivity contribution in [3.63, 3.8) is 0 Å². The van der Waals surface area contributed by atoms with E-state index in [0.717, 1.165) is 0 Å². The van der Waals surface area contributed by atoms with E-state index >= 15 is 0 Å². The summed E-state index contributed by atoms with van der Waals surface area (Å²) < 4.78 is 46.3. The quantitative estimate of drug-likeness (QED) is 0.820. The summed E-state index contributed by atoms with van der Waals surface area (Å²) in [4.78, 5) is 0. The molecule has 0 saturated carbocycles. The fraction of sp³-hybridized carbons (Fsp3) is 0.600. The topological polar surface area (TPSA) is 38.7 Å². The SMILES string of the molecule is CCOC(CC)(CC)C(O)c1cccc(OC(F)(F)F)c1. The Balaban J connectivity index is 3.05. The largest absolute Gasteiger partial charge is 0.573 e. The normalized spacial score (nSPS) is 14.0. The summed E-state index contributed by atoms with van der Waals surface area (Å²) >= 11 is 0. The number of alkyl halides is 3. The van der Waals surface area contributed by atoms with Gasteiger partial charge >= 0.3 is 6.36 Å². The number of aliphatic hydroxyl groups is 1. The first-order valence-electron chi connectivity index (χ1n) is 6.95. The predicted molar refractivity (Wildman–Crippen MR) is 73.0 cm³/mol. The maximum absolute atomic E-state index is 12.3. The van der Waals surface area contributed by atoms with Gasteiger partial charge in [0.05, 0.1) is 5.60 Å². The minimum Gasteiger partial charge on any atom is -0.406 e. The van der Waals surface area contributed by atoms with Crippen LogP contribution in [0.4, 0.5) is 13.2 Å². The molecule has 0 amide bonds. The van der Waals surface area contributed by atoms with Gasteiger partial charge in [-0.3, -0.25) is 0 Å². The Hall–Kier alpha value is -1.27. The van der Waals surface area contributed by atoms with Gasteiger partial charge in [0.25, 0.3) is 0 Å². The van der Waals surface area contributed by atoms with Crippen molar-refractivity contribution in [2.75, 3.05) is 6.61 Å². The van der Waals surface area contributed by atoms with E-state index < -0.39 is 18.1 Å². The van der Waals surface area contributed by atoms with E-state index in [1.165, 1.54) is 18.2 Å². The monoisotopic (exact) mass is 306 g/mol. The second kappa shape index (κ2) is 7.13. The van der Waals surface area contributed by atoms with E-state index in [1.54, 1.807) is 6.07 Å². The Kier molecular flexibility index (Phi) is 6.04. The van der Waals surface area contributed by atoms with E-state index in [-0.39, 0.29) is 5.75 Å². The van der Waals surface area contributed by atoms with Crippen molar-refractivity contribution in [1.82, 2.24) is 0 Å². The molecule has 0 aliphatic heterocycles. The molecule has 1 aromatic carbocycles. The lowest BCUT2D eigenvalue weighted by atomic mass is 9.86. The molecule has 0 heterocycles. The molecule has 1 N–H and O–H groups in total. The van der Waals surface area contributed by atoms with Crippen LogP contribution in [0.2, 0.25) is 0 Å². The second-order valence-corrected chi connectivity index (χ2v) is 4.73. The third-order valence-electron chi connectivity index (χ3n) is 3.53. The number of hydrogen-bond donors (Lipinski definition) is 1. The molecule has 0 fully saturated rings. The average molecular weight is 306 g/mol. The van der Waals surface area contributed by atoms with Crippen molar-refractivity contribution in [3.8, 4) is 5.75 Å². The Morgan fingerprint density at radius 3 is 2.24 bits per heavy atom. The Morgan fingerprint density at radius 2 is 1.76 bits per heavy atom. The third-order valence-corrected chi connectivity index (χ3v) is 3.53. The molecule has 0 aliphatic rings. The third kappa shape index (κ3) is 4.61. The van der Waals surface area contributed by atoms with Gasteiger partial charge in [0.2, 0.25) is 0 Å². The second-order valence-electron chi connectivity index (χ2n) is 4.73. The first-order chi connectivity index (χ1) is 9.78. The molecule has 1 atom stereocenters. The molecular weight excluding hydrogens is 285 g/mol. The number of aliphatic hydroxyl groups excluding tert-OH is 1. The van der Waals surface area contributed by atoms with E-state index in [1.807, 2.05) is 20.8 Å². The first-order valence-corrected chi connectivity index (χ1v) is 6.95. The van der Waals surface area contributed by atoms with Crippen molar-refractivity contribution in [2.45, 2.75) is 51.7 Å². The fourth-order valence-corrected chi connectivity index (χ4v) is 2.39. The number of halogens is 3. The highest BCUT2D eigenvalue weighted by Gasteiger charge is 2.37. The van der Waals surface area contributed by atoms with Crippen molar-refractivity contribution in [1.29, 1.82) is 0 Å². The summed E-state index contributed by atoms with van der Waals surface area (Å²) in [6, 6.07) is 5.37. The summed E-state index contributed by atoms with van der Waals surface area (Å²) in [5, 5.41) is 10.5. The van der Waals surface area contributed by atoms with E-state index in [2.05, 4.69) is 4.74 Å². The molecule has 3 nitrogen and oxygen atoms in total. The molecule has 1 aromatic rings. The maximum atomic E-state index is 12.3. The number of hydrogen-bond acceptors (Lipinski definition) is 3. The van der Waals surface area contributed by atoms with Crippen LogP contribution >= 0.6 is 0 Å². The van der Waals surface area contributed by atoms with Gasteiger partial charge in [-0.2, -0.15) is 0 Å². The van der Waals surface area contributed by atoms with Gasteiger partial charge in [0.15, 0.2) is 0 Å². The van der Waals surface area contributed by atoms with Gasteiger partial charge in [-0.1, -0.05) is 26.0 Å². The number of ether oxygens (including phenoxy) is 2. The minimum atomic E-state index is -4.75. The maximum Gasteiger partial charge on any atom is 0.573 e. The van der Waals surface area contributed by atoms with Crippen molar-refractivity contribution >= 4 is 0 Å². The lowest BCUT2D eigenvalue weighted by molar-refractivity contribution is -0.274. The highest BCUT2D eigenvalue weighted by molar-refractivity contribution is 5.31. The Labute approximate surface area is 122 Å². The molecule has 1 unspecified atom stereocenters. The van der Waals surface area contributed by atoms with Gasteiger partial charge in [-0.15, -0.1) is 13.2 Å². The van der Waals surface area contributed by atoms with Crippen LogP contribution in [0, 0.1) is 0 Å². The fourth-order valence-electron chi connectivity index (χ4n) is 2.39. The van der Waals surface area contributed by atoms with Crippen molar-refractivity contribution in [3.05, 3.63) is 29.8 Å². The van der Waals surface area contributed by atoms with Crippen LogP contribution in [0.5, 0.6) is 5.75 Å². The summed E-state index contributed by atoms with van der Waals surface area (Å²) in [6.45, 7) is 5.98. The van der Waals surface area contributed by atoms with Crippen molar-refractivity contribution in [2.24, 2.45) is 0 Å². The smallest absolute Gasteiger partial charge is 0.406 e. The molecule has 6 heteroatoms. The zero-order valence-electron chi connectivity index (χ0n) is 12.4. The Morgan fingerprint density at radius 1 is 1.14 bits per heavy atom. The van der Waals surface area contributed by atoms with Crippen LogP contribution in [-0.2, 0) is 4.74 Å². The van der Waals surface area contributed by atoms with Gasteiger partial charge in [0, 0.05) is 6.61 Å². The van der Waals surface area contributed by atoms with Gasteiger partial charge in [-0.25, -0.2) is 0 Å². The number of rotatable bonds is 7. The zero-order chi connectivity index (χ0) is 16.1. The van der Waals surface area contributed by atoms with Gasteiger partial charge < -0.3 is 14.6 Å². The van der Waals surface area contributed by atoms with Gasteiger partial charge in [0.1, 0.15) is 11.9 Å². The molecule has 21 heavy (non-hydrogen) atoms. The van der Waals surface area contributed by atoms with Crippen LogP contribution in [-0.4, -0.2) is 23.7 Å². The lowest BCUT2D eigenvalue weighted by Crippen LogP contribution is -2.38. The lowest BCUT2D eigenvalue weighted by Gasteiger charge is -2.36. The molecule has 0 aliphatic carbocycles. The van der Waals surface area contributed by atoms with Crippen molar-refractivity contribution < 1.29 is 27.8 Å². The zero-order valence-corrected chi connectivity index (χ0v) is 12.4.